The number of nitrogens with one attached hydrogen (secondary N) is 1. The number of anilines is 2. The van der Waals surface area contributed by atoms with Crippen molar-refractivity contribution in [1.82, 2.24) is 24.5 Å². The number of aryl methyl sites for hydroxylation is 1. The first-order valence-electron chi connectivity index (χ1n) is 10.1. The van der Waals surface area contributed by atoms with Crippen molar-refractivity contribution in [3.05, 3.63) is 58.9 Å². The van der Waals surface area contributed by atoms with E-state index in [1.165, 1.54) is 15.8 Å². The van der Waals surface area contributed by atoms with Crippen molar-refractivity contribution >= 4 is 35.5 Å². The van der Waals surface area contributed by atoms with Crippen molar-refractivity contribution in [1.29, 1.82) is 0 Å². The van der Waals surface area contributed by atoms with E-state index < -0.39 is 6.09 Å². The molecule has 1 N–H and O–H groups in total. The Morgan fingerprint density at radius 1 is 1.28 bits per heavy atom. The van der Waals surface area contributed by atoms with Crippen molar-refractivity contribution in [2.45, 2.75) is 39.3 Å². The zero-order chi connectivity index (χ0) is 22.8. The molecule has 0 unspecified atom stereocenters. The number of benzene rings is 1. The van der Waals surface area contributed by atoms with Crippen LogP contribution in [0.1, 0.15) is 48.2 Å². The van der Waals surface area contributed by atoms with Crippen LogP contribution >= 0.6 is 11.6 Å². The molecule has 2 aromatic heterocycles. The van der Waals surface area contributed by atoms with Gasteiger partial charge in [-0.2, -0.15) is 15.0 Å². The Bertz CT molecular complexity index is 1150. The summed E-state index contributed by atoms with van der Waals surface area (Å²) in [6.45, 7) is 5.87. The largest absolute Gasteiger partial charge is 0.447 e. The second kappa shape index (κ2) is 8.91. The molecule has 11 heteroatoms. The zero-order valence-corrected chi connectivity index (χ0v) is 18.6. The van der Waals surface area contributed by atoms with Crippen LogP contribution in [-0.4, -0.2) is 49.2 Å². The van der Waals surface area contributed by atoms with E-state index >= 15 is 0 Å². The highest BCUT2D eigenvalue weighted by atomic mass is 35.5. The van der Waals surface area contributed by atoms with Crippen molar-refractivity contribution < 1.29 is 14.3 Å². The lowest BCUT2D eigenvalue weighted by Crippen LogP contribution is -2.34. The van der Waals surface area contributed by atoms with Crippen LogP contribution < -0.4 is 10.2 Å². The van der Waals surface area contributed by atoms with Crippen LogP contribution in [0.3, 0.4) is 0 Å². The van der Waals surface area contributed by atoms with Gasteiger partial charge in [0, 0.05) is 16.8 Å². The highest BCUT2D eigenvalue weighted by Crippen LogP contribution is 2.23. The first kappa shape index (κ1) is 21.7. The maximum atomic E-state index is 12.7. The van der Waals surface area contributed by atoms with Crippen LogP contribution in [0.25, 0.3) is 0 Å². The molecule has 10 nitrogen and oxygen atoms in total. The summed E-state index contributed by atoms with van der Waals surface area (Å²) in [6, 6.07) is 6.22. The van der Waals surface area contributed by atoms with Gasteiger partial charge in [-0.25, -0.2) is 14.7 Å². The van der Waals surface area contributed by atoms with E-state index in [1.54, 1.807) is 37.4 Å². The van der Waals surface area contributed by atoms with Gasteiger partial charge in [-0.3, -0.25) is 9.36 Å². The number of cyclic esters (lactones) is 1. The molecule has 1 saturated heterocycles. The number of nitrogens with zero attached hydrogens (tertiary/aromatic N) is 6. The molecule has 1 aliphatic heterocycles. The number of imidazole rings is 1. The average molecular weight is 456 g/mol. The fourth-order valence-corrected chi connectivity index (χ4v) is 3.45. The van der Waals surface area contributed by atoms with Gasteiger partial charge >= 0.3 is 6.09 Å². The van der Waals surface area contributed by atoms with Crippen molar-refractivity contribution in [3.63, 3.8) is 0 Å². The molecule has 0 saturated carbocycles. The number of aromatic nitrogens is 5. The molecular formula is C21H22ClN7O3. The highest BCUT2D eigenvalue weighted by Gasteiger charge is 2.35. The van der Waals surface area contributed by atoms with Crippen LogP contribution in [0.4, 0.5) is 16.7 Å². The minimum atomic E-state index is -0.471. The molecule has 1 aliphatic rings. The van der Waals surface area contributed by atoms with Gasteiger partial charge in [-0.15, -0.1) is 0 Å². The molecule has 0 aliphatic carbocycles. The molecule has 0 radical (unpaired) electrons. The van der Waals surface area contributed by atoms with Gasteiger partial charge in [0.25, 0.3) is 5.91 Å². The minimum Gasteiger partial charge on any atom is -0.447 e. The molecule has 1 amide bonds. The van der Waals surface area contributed by atoms with Gasteiger partial charge in [-0.05, 0) is 44.5 Å². The van der Waals surface area contributed by atoms with Gasteiger partial charge < -0.3 is 10.1 Å². The average Bonchev–Trinajstić information content (AvgIpc) is 3.40. The van der Waals surface area contributed by atoms with Crippen LogP contribution in [0.15, 0.2) is 36.8 Å². The molecule has 1 fully saturated rings. The van der Waals surface area contributed by atoms with Gasteiger partial charge in [0.1, 0.15) is 18.8 Å². The topological polar surface area (TPSA) is 115 Å². The van der Waals surface area contributed by atoms with E-state index in [2.05, 4.69) is 25.3 Å². The quantitative estimate of drug-likeness (QED) is 0.599. The Morgan fingerprint density at radius 2 is 2.03 bits per heavy atom. The smallest absolute Gasteiger partial charge is 0.417 e. The Balaban J connectivity index is 1.51. The van der Waals surface area contributed by atoms with E-state index in [1.807, 2.05) is 13.8 Å². The summed E-state index contributed by atoms with van der Waals surface area (Å²) in [7, 11) is 0. The summed E-state index contributed by atoms with van der Waals surface area (Å²) in [5.41, 5.74) is 1.12. The lowest BCUT2D eigenvalue weighted by atomic mass is 10.2. The van der Waals surface area contributed by atoms with E-state index in [0.29, 0.717) is 41.1 Å². The second-order valence-electron chi connectivity index (χ2n) is 7.40. The third-order valence-electron chi connectivity index (χ3n) is 5.10. The Labute approximate surface area is 189 Å². The lowest BCUT2D eigenvalue weighted by molar-refractivity contribution is 0.0959. The molecular weight excluding hydrogens is 434 g/mol. The van der Waals surface area contributed by atoms with Gasteiger partial charge in [0.15, 0.2) is 0 Å². The summed E-state index contributed by atoms with van der Waals surface area (Å²) in [6.07, 6.45) is 3.35. The first-order valence-corrected chi connectivity index (χ1v) is 10.5. The standard InChI is InChI=1S/C21H22ClN7O3/c1-4-16-10-32-21(31)29(16)20-26-13(3)25-19(27-20)24-12(2)17-9-28(11-23-17)18(30)14-5-7-15(22)8-6-14/h5-9,11-12,16H,4,10H2,1-3H3,(H,24,25,26,27)/t12-,16-/m0/s1. The van der Waals surface area contributed by atoms with Crippen LogP contribution in [-0.2, 0) is 4.74 Å². The summed E-state index contributed by atoms with van der Waals surface area (Å²) in [5.74, 6) is 0.782. The van der Waals surface area contributed by atoms with Gasteiger partial charge in [0.2, 0.25) is 11.9 Å². The maximum Gasteiger partial charge on any atom is 0.417 e. The van der Waals surface area contributed by atoms with Crippen molar-refractivity contribution in [3.8, 4) is 0 Å². The first-order chi connectivity index (χ1) is 15.4. The fraction of sp³-hybridized carbons (Fsp3) is 0.333. The fourth-order valence-electron chi connectivity index (χ4n) is 3.33. The third kappa shape index (κ3) is 4.40. The Morgan fingerprint density at radius 3 is 2.75 bits per heavy atom. The molecule has 3 aromatic rings. The molecule has 32 heavy (non-hydrogen) atoms. The number of halogens is 1. The van der Waals surface area contributed by atoms with Crippen molar-refractivity contribution in [2.75, 3.05) is 16.8 Å². The molecule has 3 heterocycles. The predicted octanol–water partition coefficient (Wildman–Crippen LogP) is 3.63. The van der Waals surface area contributed by atoms with E-state index in [9.17, 15) is 9.59 Å². The Kier molecular flexibility index (Phi) is 6.04. The number of amides is 1. The molecule has 2 atom stereocenters. The van der Waals surface area contributed by atoms with Crippen molar-refractivity contribution in [2.24, 2.45) is 0 Å². The van der Waals surface area contributed by atoms with Gasteiger partial charge in [0.05, 0.1) is 17.8 Å². The zero-order valence-electron chi connectivity index (χ0n) is 17.8. The molecule has 0 spiro atoms. The molecule has 4 rings (SSSR count). The number of ether oxygens (including phenoxy) is 1. The number of hydrogen-bond acceptors (Lipinski definition) is 8. The summed E-state index contributed by atoms with van der Waals surface area (Å²) >= 11 is 5.89. The minimum absolute atomic E-state index is 0.121. The van der Waals surface area contributed by atoms with Crippen LogP contribution in [0, 0.1) is 6.92 Å². The normalized spacial score (nSPS) is 16.7. The van der Waals surface area contributed by atoms with Crippen LogP contribution in [0.5, 0.6) is 0 Å². The number of carbonyl (C=O) groups is 2. The number of rotatable bonds is 6. The van der Waals surface area contributed by atoms with E-state index in [4.69, 9.17) is 16.3 Å². The predicted molar refractivity (Wildman–Crippen MR) is 118 cm³/mol. The van der Waals surface area contributed by atoms with Gasteiger partial charge in [-0.1, -0.05) is 18.5 Å². The number of carbonyl (C=O) groups excluding carboxylic acids is 2. The van der Waals surface area contributed by atoms with E-state index in [-0.39, 0.29) is 23.9 Å². The molecule has 1 aromatic carbocycles. The summed E-state index contributed by atoms with van der Waals surface area (Å²) < 4.78 is 6.55. The summed E-state index contributed by atoms with van der Waals surface area (Å²) in [4.78, 5) is 43.6. The lowest BCUT2D eigenvalue weighted by Gasteiger charge is -2.19. The highest BCUT2D eigenvalue weighted by molar-refractivity contribution is 6.30. The second-order valence-corrected chi connectivity index (χ2v) is 7.84. The molecule has 0 bridgehead atoms. The Hall–Kier alpha value is -3.53. The monoisotopic (exact) mass is 455 g/mol. The SMILES string of the molecule is CC[C@H]1COC(=O)N1c1nc(C)nc(N[C@@H](C)c2cn(C(=O)c3ccc(Cl)cc3)cn2)n1. The third-order valence-corrected chi connectivity index (χ3v) is 5.35. The summed E-state index contributed by atoms with van der Waals surface area (Å²) in [5, 5.41) is 3.72. The molecule has 166 valence electrons. The number of hydrogen-bond donors (Lipinski definition) is 1. The van der Waals surface area contributed by atoms with E-state index in [0.717, 1.165) is 0 Å². The van der Waals surface area contributed by atoms with Crippen LogP contribution in [0.2, 0.25) is 5.02 Å². The maximum absolute atomic E-state index is 12.7.